The number of benzene rings is 4. The fraction of sp³-hybridized carbons (Fsp3) is 0.200. The first-order valence-corrected chi connectivity index (χ1v) is 13.9. The van der Waals surface area contributed by atoms with Crippen LogP contribution in [0.2, 0.25) is 0 Å². The molecule has 0 fully saturated rings. The molecule has 0 saturated heterocycles. The monoisotopic (exact) mass is 561 g/mol. The minimum absolute atomic E-state index is 0.292. The van der Waals surface area contributed by atoms with Gasteiger partial charge in [-0.1, -0.05) is 66.7 Å². The molecule has 0 aliphatic carbocycles. The summed E-state index contributed by atoms with van der Waals surface area (Å²) in [4.78, 5) is 21.4. The molecule has 0 spiro atoms. The van der Waals surface area contributed by atoms with Crippen molar-refractivity contribution in [1.82, 2.24) is 14.8 Å². The van der Waals surface area contributed by atoms with E-state index in [0.29, 0.717) is 17.0 Å². The lowest BCUT2D eigenvalue weighted by atomic mass is 9.99. The molecule has 0 saturated carbocycles. The third-order valence-corrected chi connectivity index (χ3v) is 7.06. The van der Waals surface area contributed by atoms with Gasteiger partial charge < -0.3 is 24.1 Å². The number of carbonyl (C=O) groups is 1. The average molecular weight is 562 g/mol. The number of oxazole rings is 1. The molecule has 1 atom stereocenters. The van der Waals surface area contributed by atoms with Gasteiger partial charge in [-0.25, -0.2) is 4.98 Å². The maximum atomic E-state index is 12.7. The summed E-state index contributed by atoms with van der Waals surface area (Å²) < 4.78 is 11.3. The van der Waals surface area contributed by atoms with Gasteiger partial charge in [0.25, 0.3) is 0 Å². The van der Waals surface area contributed by atoms with E-state index in [1.54, 1.807) is 36.7 Å². The molecule has 7 nitrogen and oxygen atoms in total. The van der Waals surface area contributed by atoms with Crippen LogP contribution in [0.1, 0.15) is 33.2 Å². The van der Waals surface area contributed by atoms with Crippen molar-refractivity contribution in [1.29, 1.82) is 0 Å². The second kappa shape index (κ2) is 13.9. The summed E-state index contributed by atoms with van der Waals surface area (Å²) >= 11 is 0. The van der Waals surface area contributed by atoms with E-state index >= 15 is 0 Å². The first-order valence-electron chi connectivity index (χ1n) is 13.9. The molecule has 0 amide bonds. The summed E-state index contributed by atoms with van der Waals surface area (Å²) in [6.07, 6.45) is 2.04. The predicted molar refractivity (Wildman–Crippen MR) is 163 cm³/mol. The number of aliphatic hydroxyl groups is 1. The molecule has 5 aromatic rings. The van der Waals surface area contributed by atoms with Gasteiger partial charge in [-0.15, -0.1) is 0 Å². The highest BCUT2D eigenvalue weighted by atomic mass is 16.5. The third-order valence-electron chi connectivity index (χ3n) is 7.06. The molecule has 5 rings (SSSR count). The number of aliphatic hydroxyl groups excluding tert-OH is 1. The van der Waals surface area contributed by atoms with Gasteiger partial charge in [-0.05, 0) is 67.2 Å². The minimum Gasteiger partial charge on any atom is -0.457 e. The average Bonchev–Trinajstić information content (AvgIpc) is 3.57. The molecule has 4 aromatic carbocycles. The molecule has 0 aliphatic rings. The fourth-order valence-corrected chi connectivity index (χ4v) is 4.67. The van der Waals surface area contributed by atoms with Crippen molar-refractivity contribution in [2.45, 2.75) is 19.2 Å². The molecule has 1 heterocycles. The first kappa shape index (κ1) is 29.0. The van der Waals surface area contributed by atoms with Crippen LogP contribution in [0.25, 0.3) is 11.5 Å². The predicted octanol–water partition coefficient (Wildman–Crippen LogP) is 6.61. The van der Waals surface area contributed by atoms with E-state index < -0.39 is 6.10 Å². The molecule has 1 unspecified atom stereocenters. The maximum absolute atomic E-state index is 12.7. The number of likely N-dealkylation sites (N-methyl/N-ethyl adjacent to an activating group) is 2. The van der Waals surface area contributed by atoms with Crippen molar-refractivity contribution in [2.75, 3.05) is 27.2 Å². The summed E-state index contributed by atoms with van der Waals surface area (Å²) in [5.74, 6) is 1.83. The van der Waals surface area contributed by atoms with Gasteiger partial charge in [0.1, 0.15) is 23.9 Å². The second-order valence-electron chi connectivity index (χ2n) is 10.5. The fourth-order valence-electron chi connectivity index (χ4n) is 4.67. The molecule has 1 N–H and O–H groups in total. The Balaban J connectivity index is 1.05. The second-order valence-corrected chi connectivity index (χ2v) is 10.5. The number of ketones is 1. The van der Waals surface area contributed by atoms with Crippen LogP contribution < -0.4 is 4.74 Å². The van der Waals surface area contributed by atoms with Crippen LogP contribution in [-0.4, -0.2) is 52.9 Å². The highest BCUT2D eigenvalue weighted by Gasteiger charge is 2.19. The zero-order valence-electron chi connectivity index (χ0n) is 23.9. The summed E-state index contributed by atoms with van der Waals surface area (Å²) in [6, 6.07) is 32.3. The number of nitrogens with zero attached hydrogens (tertiary/aromatic N) is 3. The van der Waals surface area contributed by atoms with E-state index in [2.05, 4.69) is 41.0 Å². The summed E-state index contributed by atoms with van der Waals surface area (Å²) in [5.41, 5.74) is 4.35. The van der Waals surface area contributed by atoms with Crippen LogP contribution in [-0.2, 0) is 13.1 Å². The normalized spacial score (nSPS) is 12.0. The number of rotatable bonds is 13. The zero-order valence-corrected chi connectivity index (χ0v) is 23.9. The van der Waals surface area contributed by atoms with Crippen LogP contribution in [0, 0.1) is 0 Å². The van der Waals surface area contributed by atoms with E-state index in [9.17, 15) is 9.90 Å². The van der Waals surface area contributed by atoms with Crippen molar-refractivity contribution < 1.29 is 19.1 Å². The Morgan fingerprint density at radius 1 is 0.786 bits per heavy atom. The molecule has 1 aromatic heterocycles. The molecular weight excluding hydrogens is 526 g/mol. The Labute approximate surface area is 246 Å². The van der Waals surface area contributed by atoms with Gasteiger partial charge in [0, 0.05) is 37.3 Å². The topological polar surface area (TPSA) is 79.0 Å². The molecule has 42 heavy (non-hydrogen) atoms. The molecule has 0 bridgehead atoms. The highest BCUT2D eigenvalue weighted by Crippen LogP contribution is 2.25. The van der Waals surface area contributed by atoms with Crippen molar-refractivity contribution in [3.8, 4) is 23.0 Å². The number of hydrogen-bond donors (Lipinski definition) is 1. The lowest BCUT2D eigenvalue weighted by Crippen LogP contribution is -2.30. The number of Topliss-reactive ketones (excluding diaryl/α,β-unsaturated/α-hetero) is 1. The summed E-state index contributed by atoms with van der Waals surface area (Å²) in [5, 5.41) is 10.4. The van der Waals surface area contributed by atoms with Crippen molar-refractivity contribution in [3.63, 3.8) is 0 Å². The summed E-state index contributed by atoms with van der Waals surface area (Å²) in [6.45, 7) is 3.41. The number of hydrogen-bond acceptors (Lipinski definition) is 7. The van der Waals surface area contributed by atoms with Crippen LogP contribution >= 0.6 is 0 Å². The van der Waals surface area contributed by atoms with Crippen molar-refractivity contribution in [2.24, 2.45) is 0 Å². The Kier molecular flexibility index (Phi) is 9.56. The van der Waals surface area contributed by atoms with E-state index in [1.165, 1.54) is 5.56 Å². The van der Waals surface area contributed by atoms with Gasteiger partial charge in [0.2, 0.25) is 5.89 Å². The van der Waals surface area contributed by atoms with Gasteiger partial charge in [0.15, 0.2) is 5.78 Å². The Morgan fingerprint density at radius 3 is 1.88 bits per heavy atom. The van der Waals surface area contributed by atoms with Gasteiger partial charge in [0.05, 0.1) is 6.20 Å². The Hall–Kier alpha value is -4.56. The minimum atomic E-state index is -1.15. The molecule has 214 valence electrons. The quantitative estimate of drug-likeness (QED) is 0.162. The van der Waals surface area contributed by atoms with Gasteiger partial charge >= 0.3 is 0 Å². The molecule has 0 radical (unpaired) electrons. The first-order chi connectivity index (χ1) is 20.4. The Bertz CT molecular complexity index is 1540. The van der Waals surface area contributed by atoms with Crippen LogP contribution in [0.4, 0.5) is 0 Å². The van der Waals surface area contributed by atoms with Crippen LogP contribution in [0.5, 0.6) is 11.5 Å². The number of aromatic nitrogens is 1. The van der Waals surface area contributed by atoms with Gasteiger partial charge in [-0.3, -0.25) is 4.79 Å². The highest BCUT2D eigenvalue weighted by molar-refractivity contribution is 5.99. The van der Waals surface area contributed by atoms with E-state index in [4.69, 9.17) is 9.15 Å². The number of ether oxygens (including phenoxy) is 1. The largest absolute Gasteiger partial charge is 0.457 e. The van der Waals surface area contributed by atoms with Crippen LogP contribution in [0.3, 0.4) is 0 Å². The summed E-state index contributed by atoms with van der Waals surface area (Å²) in [7, 11) is 4.21. The van der Waals surface area contributed by atoms with Crippen molar-refractivity contribution >= 4 is 5.78 Å². The standard InChI is InChI=1S/C35H35N3O4/c1-37(24-26-8-12-29(13-9-26)34(40)33(39)28-6-4-3-5-7-28)21-22-38(2)25-27-10-16-31(17-11-27)42-32-18-14-30(15-19-32)35-36-20-23-41-35/h3-20,23,33,39H,21-22,24-25H2,1-2H3. The Morgan fingerprint density at radius 2 is 1.33 bits per heavy atom. The van der Waals surface area contributed by atoms with Crippen molar-refractivity contribution in [3.05, 3.63) is 138 Å². The molecule has 7 heteroatoms. The smallest absolute Gasteiger partial charge is 0.225 e. The zero-order chi connectivity index (χ0) is 29.3. The van der Waals surface area contributed by atoms with E-state index in [-0.39, 0.29) is 5.78 Å². The van der Waals surface area contributed by atoms with E-state index in [1.807, 2.05) is 66.7 Å². The maximum Gasteiger partial charge on any atom is 0.225 e. The van der Waals surface area contributed by atoms with Gasteiger partial charge in [-0.2, -0.15) is 0 Å². The lowest BCUT2D eigenvalue weighted by molar-refractivity contribution is 0.0747. The number of carbonyl (C=O) groups excluding carboxylic acids is 1. The molecular formula is C35H35N3O4. The van der Waals surface area contributed by atoms with E-state index in [0.717, 1.165) is 48.8 Å². The molecule has 0 aliphatic heterocycles. The SMILES string of the molecule is CN(CCN(C)Cc1ccc(C(=O)C(O)c2ccccc2)cc1)Cc1ccc(Oc2ccc(-c3ncco3)cc2)cc1. The van der Waals surface area contributed by atoms with Crippen LogP contribution in [0.15, 0.2) is 120 Å². The third kappa shape index (κ3) is 7.79. The lowest BCUT2D eigenvalue weighted by Gasteiger charge is -2.22.